The number of carbonyl (C=O) groups excluding carboxylic acids is 2. The molecule has 4 aliphatic rings. The van der Waals surface area contributed by atoms with Gasteiger partial charge in [-0.25, -0.2) is 0 Å². The second-order valence-corrected chi connectivity index (χ2v) is 9.68. The zero-order chi connectivity index (χ0) is 16.4. The summed E-state index contributed by atoms with van der Waals surface area (Å²) in [5.41, 5.74) is 0.660. The highest BCUT2D eigenvalue weighted by molar-refractivity contribution is 5.80. The Kier molecular flexibility index (Phi) is 3.56. The summed E-state index contributed by atoms with van der Waals surface area (Å²) in [7, 11) is 0. The SMILES string of the molecule is CC(=O)[C@H]1CC[C@H]2C3CC[C@@H]4CC(=O)CC[C@]4(C)[C@H]3CC[C@]12C. The molecule has 4 fully saturated rings. The van der Waals surface area contributed by atoms with Crippen molar-refractivity contribution < 1.29 is 9.59 Å². The molecule has 4 aliphatic carbocycles. The summed E-state index contributed by atoms with van der Waals surface area (Å²) >= 11 is 0. The van der Waals surface area contributed by atoms with Crippen LogP contribution in [0.5, 0.6) is 0 Å². The Labute approximate surface area is 140 Å². The third-order valence-corrected chi connectivity index (χ3v) is 8.97. The van der Waals surface area contributed by atoms with Gasteiger partial charge in [0.05, 0.1) is 0 Å². The van der Waals surface area contributed by atoms with Gasteiger partial charge in [0, 0.05) is 18.8 Å². The van der Waals surface area contributed by atoms with Crippen LogP contribution in [0.4, 0.5) is 0 Å². The minimum Gasteiger partial charge on any atom is -0.300 e. The number of fused-ring (bicyclic) bond motifs is 5. The van der Waals surface area contributed by atoms with Crippen LogP contribution in [-0.2, 0) is 9.59 Å². The molecule has 0 bridgehead atoms. The van der Waals surface area contributed by atoms with Crippen LogP contribution in [0.15, 0.2) is 0 Å². The number of hydrogen-bond donors (Lipinski definition) is 0. The summed E-state index contributed by atoms with van der Waals surface area (Å²) in [6.07, 6.45) is 10.3. The Hall–Kier alpha value is -0.660. The maximum atomic E-state index is 12.2. The number of ketones is 2. The van der Waals surface area contributed by atoms with Crippen LogP contribution < -0.4 is 0 Å². The van der Waals surface area contributed by atoms with Crippen molar-refractivity contribution in [3.8, 4) is 0 Å². The smallest absolute Gasteiger partial charge is 0.133 e. The highest BCUT2D eigenvalue weighted by Gasteiger charge is 2.60. The summed E-state index contributed by atoms with van der Waals surface area (Å²) in [6.45, 7) is 6.74. The lowest BCUT2D eigenvalue weighted by atomic mass is 9.44. The van der Waals surface area contributed by atoms with E-state index >= 15 is 0 Å². The average Bonchev–Trinajstić information content (AvgIpc) is 2.85. The van der Waals surface area contributed by atoms with Gasteiger partial charge in [0.25, 0.3) is 0 Å². The maximum Gasteiger partial charge on any atom is 0.133 e. The first-order valence-electron chi connectivity index (χ1n) is 9.88. The molecule has 1 unspecified atom stereocenters. The molecule has 7 atom stereocenters. The monoisotopic (exact) mass is 316 g/mol. The van der Waals surface area contributed by atoms with E-state index in [0.29, 0.717) is 28.8 Å². The lowest BCUT2D eigenvalue weighted by molar-refractivity contribution is -0.143. The second-order valence-electron chi connectivity index (χ2n) is 9.68. The molecule has 4 rings (SSSR count). The molecule has 0 aromatic carbocycles. The minimum atomic E-state index is 0.265. The van der Waals surface area contributed by atoms with E-state index in [1.165, 1.54) is 32.1 Å². The molecule has 2 heteroatoms. The molecular formula is C21H32O2. The highest BCUT2D eigenvalue weighted by atomic mass is 16.1. The number of hydrogen-bond acceptors (Lipinski definition) is 2. The molecule has 0 aliphatic heterocycles. The van der Waals surface area contributed by atoms with Gasteiger partial charge in [-0.1, -0.05) is 13.8 Å². The van der Waals surface area contributed by atoms with E-state index in [1.807, 2.05) is 6.92 Å². The molecule has 0 heterocycles. The van der Waals surface area contributed by atoms with E-state index in [-0.39, 0.29) is 5.41 Å². The van der Waals surface area contributed by atoms with Gasteiger partial charge >= 0.3 is 0 Å². The average molecular weight is 316 g/mol. The van der Waals surface area contributed by atoms with E-state index in [4.69, 9.17) is 0 Å². The van der Waals surface area contributed by atoms with Crippen molar-refractivity contribution in [3.05, 3.63) is 0 Å². The second kappa shape index (κ2) is 5.17. The lowest BCUT2D eigenvalue weighted by Crippen LogP contribution is -2.53. The van der Waals surface area contributed by atoms with Crippen LogP contribution in [-0.4, -0.2) is 11.6 Å². The summed E-state index contributed by atoms with van der Waals surface area (Å²) in [6, 6.07) is 0. The Bertz CT molecular complexity index is 538. The first kappa shape index (κ1) is 15.8. The summed E-state index contributed by atoms with van der Waals surface area (Å²) in [4.78, 5) is 24.1. The van der Waals surface area contributed by atoms with Gasteiger partial charge in [0.15, 0.2) is 0 Å². The van der Waals surface area contributed by atoms with E-state index in [2.05, 4.69) is 13.8 Å². The van der Waals surface area contributed by atoms with E-state index in [1.54, 1.807) is 0 Å². The minimum absolute atomic E-state index is 0.265. The first-order valence-corrected chi connectivity index (χ1v) is 9.88. The van der Waals surface area contributed by atoms with Gasteiger partial charge in [0.1, 0.15) is 11.6 Å². The number of carbonyl (C=O) groups is 2. The van der Waals surface area contributed by atoms with Crippen LogP contribution in [0, 0.1) is 40.4 Å². The van der Waals surface area contributed by atoms with Crippen molar-refractivity contribution in [1.82, 2.24) is 0 Å². The third kappa shape index (κ3) is 2.12. The van der Waals surface area contributed by atoms with Crippen molar-refractivity contribution in [2.45, 2.75) is 78.6 Å². The molecule has 0 saturated heterocycles. The van der Waals surface area contributed by atoms with Crippen molar-refractivity contribution >= 4 is 11.6 Å². The third-order valence-electron chi connectivity index (χ3n) is 8.97. The topological polar surface area (TPSA) is 34.1 Å². The van der Waals surface area contributed by atoms with E-state index < -0.39 is 0 Å². The van der Waals surface area contributed by atoms with Crippen LogP contribution in [0.25, 0.3) is 0 Å². The molecule has 2 nitrogen and oxygen atoms in total. The molecular weight excluding hydrogens is 284 g/mol. The fraction of sp³-hybridized carbons (Fsp3) is 0.905. The zero-order valence-corrected chi connectivity index (χ0v) is 15.1. The summed E-state index contributed by atoms with van der Waals surface area (Å²) < 4.78 is 0. The van der Waals surface area contributed by atoms with Crippen LogP contribution in [0.3, 0.4) is 0 Å². The molecule has 0 spiro atoms. The van der Waals surface area contributed by atoms with Gasteiger partial charge < -0.3 is 0 Å². The molecule has 0 aromatic heterocycles. The van der Waals surface area contributed by atoms with Crippen LogP contribution in [0.2, 0.25) is 0 Å². The summed E-state index contributed by atoms with van der Waals surface area (Å²) in [5.74, 6) is 4.25. The molecule has 0 N–H and O–H groups in total. The Balaban J connectivity index is 1.63. The molecule has 23 heavy (non-hydrogen) atoms. The Morgan fingerprint density at radius 1 is 0.957 bits per heavy atom. The van der Waals surface area contributed by atoms with Gasteiger partial charge in [0.2, 0.25) is 0 Å². The van der Waals surface area contributed by atoms with Crippen molar-refractivity contribution in [3.63, 3.8) is 0 Å². The predicted octanol–water partition coefficient (Wildman–Crippen LogP) is 4.80. The highest BCUT2D eigenvalue weighted by Crippen LogP contribution is 2.67. The fourth-order valence-corrected chi connectivity index (χ4v) is 7.71. The largest absolute Gasteiger partial charge is 0.300 e. The zero-order valence-electron chi connectivity index (χ0n) is 15.1. The first-order chi connectivity index (χ1) is 10.9. The molecule has 0 radical (unpaired) electrons. The van der Waals surface area contributed by atoms with Gasteiger partial charge in [-0.05, 0) is 86.4 Å². The molecule has 4 saturated carbocycles. The van der Waals surface area contributed by atoms with Gasteiger partial charge in [-0.15, -0.1) is 0 Å². The Morgan fingerprint density at radius 2 is 1.70 bits per heavy atom. The summed E-state index contributed by atoms with van der Waals surface area (Å²) in [5, 5.41) is 0. The normalized spacial score (nSPS) is 52.5. The van der Waals surface area contributed by atoms with E-state index in [0.717, 1.165) is 43.4 Å². The van der Waals surface area contributed by atoms with Crippen molar-refractivity contribution in [1.29, 1.82) is 0 Å². The quantitative estimate of drug-likeness (QED) is 0.696. The van der Waals surface area contributed by atoms with E-state index in [9.17, 15) is 9.59 Å². The Morgan fingerprint density at radius 3 is 2.43 bits per heavy atom. The van der Waals surface area contributed by atoms with Crippen molar-refractivity contribution in [2.75, 3.05) is 0 Å². The van der Waals surface area contributed by atoms with Gasteiger partial charge in [-0.3, -0.25) is 9.59 Å². The fourth-order valence-electron chi connectivity index (χ4n) is 7.71. The molecule has 0 amide bonds. The van der Waals surface area contributed by atoms with Gasteiger partial charge in [-0.2, -0.15) is 0 Å². The molecule has 0 aromatic rings. The number of Topliss-reactive ketones (excluding diaryl/α,β-unsaturated/α-hetero) is 2. The van der Waals surface area contributed by atoms with Crippen molar-refractivity contribution in [2.24, 2.45) is 40.4 Å². The molecule has 128 valence electrons. The van der Waals surface area contributed by atoms with Crippen LogP contribution in [0.1, 0.15) is 78.6 Å². The lowest BCUT2D eigenvalue weighted by Gasteiger charge is -2.60. The standard InChI is InChI=1S/C21H32O2/c1-13(22)17-6-7-18-16-5-4-14-12-15(23)8-10-20(14,2)19(16)9-11-21(17,18)3/h14,16-19H,4-12H2,1-3H3/t14-,16?,17-,18+,19+,20+,21-/m1/s1. The number of rotatable bonds is 1. The maximum absolute atomic E-state index is 12.2. The van der Waals surface area contributed by atoms with Crippen LogP contribution >= 0.6 is 0 Å². The predicted molar refractivity (Wildman–Crippen MR) is 90.9 cm³/mol.